The standard InChI is InChI=1S/C21H27N3O6/c1-11-14(19(26)30-12(2)13-6-8-29-10-13)5-7-21(3)15(20(27)28-4)9-16(23-24-22)18(25)17(11)21/h6,8,10-12,14-17H,5,7,9H2,1-4H3/t11-,12+,14?,15+,16-,17?,21+/m1/s1. The summed E-state index contributed by atoms with van der Waals surface area (Å²) in [5, 5.41) is 3.64. The molecule has 0 N–H and O–H groups in total. The van der Waals surface area contributed by atoms with Gasteiger partial charge in [-0.3, -0.25) is 14.4 Å². The Labute approximate surface area is 174 Å². The van der Waals surface area contributed by atoms with Gasteiger partial charge in [0.25, 0.3) is 0 Å². The maximum absolute atomic E-state index is 13.2. The van der Waals surface area contributed by atoms with E-state index in [4.69, 9.17) is 19.4 Å². The Morgan fingerprint density at radius 2 is 2.13 bits per heavy atom. The van der Waals surface area contributed by atoms with Gasteiger partial charge in [0.2, 0.25) is 0 Å². The second kappa shape index (κ2) is 8.52. The average molecular weight is 417 g/mol. The summed E-state index contributed by atoms with van der Waals surface area (Å²) in [6, 6.07) is 0.786. The molecule has 9 nitrogen and oxygen atoms in total. The van der Waals surface area contributed by atoms with Gasteiger partial charge >= 0.3 is 11.9 Å². The van der Waals surface area contributed by atoms with Crippen LogP contribution in [0.1, 0.15) is 51.7 Å². The van der Waals surface area contributed by atoms with Crippen molar-refractivity contribution >= 4 is 17.7 Å². The van der Waals surface area contributed by atoms with Crippen molar-refractivity contribution < 1.29 is 28.3 Å². The number of rotatable bonds is 5. The lowest BCUT2D eigenvalue weighted by atomic mass is 9.49. The number of azide groups is 1. The van der Waals surface area contributed by atoms with Gasteiger partial charge in [-0.1, -0.05) is 19.0 Å². The van der Waals surface area contributed by atoms with Crippen LogP contribution in [0.25, 0.3) is 10.4 Å². The monoisotopic (exact) mass is 417 g/mol. The van der Waals surface area contributed by atoms with Crippen molar-refractivity contribution in [3.8, 4) is 0 Å². The van der Waals surface area contributed by atoms with Crippen LogP contribution in [0.4, 0.5) is 0 Å². The summed E-state index contributed by atoms with van der Waals surface area (Å²) in [5.41, 5.74) is 8.96. The number of hydrogen-bond acceptors (Lipinski definition) is 7. The lowest BCUT2D eigenvalue weighted by Crippen LogP contribution is -2.58. The lowest BCUT2D eigenvalue weighted by Gasteiger charge is -2.53. The lowest BCUT2D eigenvalue weighted by molar-refractivity contribution is -0.172. The van der Waals surface area contributed by atoms with Crippen molar-refractivity contribution in [1.29, 1.82) is 0 Å². The largest absolute Gasteiger partial charge is 0.472 e. The van der Waals surface area contributed by atoms with E-state index >= 15 is 0 Å². The Morgan fingerprint density at radius 3 is 2.73 bits per heavy atom. The molecular weight excluding hydrogens is 390 g/mol. The molecule has 2 aliphatic rings. The number of esters is 2. The van der Waals surface area contributed by atoms with Gasteiger partial charge in [-0.2, -0.15) is 0 Å². The Bertz CT molecular complexity index is 862. The van der Waals surface area contributed by atoms with E-state index in [0.717, 1.165) is 5.56 Å². The molecule has 0 bridgehead atoms. The first-order valence-electron chi connectivity index (χ1n) is 10.1. The minimum atomic E-state index is -0.945. The van der Waals surface area contributed by atoms with Crippen LogP contribution in [0.15, 0.2) is 28.1 Å². The van der Waals surface area contributed by atoms with Gasteiger partial charge in [-0.15, -0.1) is 0 Å². The van der Waals surface area contributed by atoms with E-state index in [1.165, 1.54) is 19.6 Å². The first kappa shape index (κ1) is 21.9. The van der Waals surface area contributed by atoms with Gasteiger partial charge in [-0.25, -0.2) is 0 Å². The number of fused-ring (bicyclic) bond motifs is 1. The van der Waals surface area contributed by atoms with E-state index < -0.39 is 41.3 Å². The second-order valence-electron chi connectivity index (χ2n) is 8.56. The highest BCUT2D eigenvalue weighted by Crippen LogP contribution is 2.56. The number of methoxy groups -OCH3 is 1. The maximum atomic E-state index is 13.2. The summed E-state index contributed by atoms with van der Waals surface area (Å²) in [4.78, 5) is 41.5. The molecule has 1 aromatic rings. The first-order valence-corrected chi connectivity index (χ1v) is 10.1. The van der Waals surface area contributed by atoms with E-state index in [0.29, 0.717) is 12.8 Å². The number of Topliss-reactive ketones (excluding diaryl/α,β-unsaturated/α-hetero) is 1. The Hall–Kier alpha value is -2.80. The molecule has 2 fully saturated rings. The maximum Gasteiger partial charge on any atom is 0.309 e. The first-order chi connectivity index (χ1) is 14.2. The summed E-state index contributed by atoms with van der Waals surface area (Å²) in [6.45, 7) is 5.49. The van der Waals surface area contributed by atoms with Gasteiger partial charge in [0.05, 0.1) is 37.5 Å². The molecule has 0 aliphatic heterocycles. The van der Waals surface area contributed by atoms with E-state index in [1.54, 1.807) is 13.0 Å². The van der Waals surface area contributed by atoms with E-state index in [2.05, 4.69) is 10.0 Å². The number of ketones is 1. The molecule has 0 amide bonds. The molecule has 3 rings (SSSR count). The average Bonchev–Trinajstić information content (AvgIpc) is 3.24. The minimum absolute atomic E-state index is 0.127. The van der Waals surface area contributed by atoms with Crippen LogP contribution in [-0.2, 0) is 23.9 Å². The van der Waals surface area contributed by atoms with Crippen molar-refractivity contribution in [3.05, 3.63) is 34.6 Å². The van der Waals surface area contributed by atoms with Crippen molar-refractivity contribution in [3.63, 3.8) is 0 Å². The summed E-state index contributed by atoms with van der Waals surface area (Å²) in [7, 11) is 1.31. The highest BCUT2D eigenvalue weighted by atomic mass is 16.5. The molecule has 30 heavy (non-hydrogen) atoms. The third-order valence-corrected chi connectivity index (χ3v) is 7.04. The van der Waals surface area contributed by atoms with Crippen molar-refractivity contribution in [2.24, 2.45) is 34.2 Å². The topological polar surface area (TPSA) is 132 Å². The quantitative estimate of drug-likeness (QED) is 0.308. The molecule has 1 heterocycles. The van der Waals surface area contributed by atoms with Gasteiger partial charge in [-0.05, 0) is 49.1 Å². The zero-order valence-electron chi connectivity index (χ0n) is 17.6. The van der Waals surface area contributed by atoms with Crippen LogP contribution < -0.4 is 0 Å². The molecule has 7 atom stereocenters. The molecular formula is C21H27N3O6. The van der Waals surface area contributed by atoms with Crippen LogP contribution in [0.3, 0.4) is 0 Å². The highest BCUT2D eigenvalue weighted by Gasteiger charge is 2.60. The number of furan rings is 1. The van der Waals surface area contributed by atoms with Gasteiger partial charge in [0.1, 0.15) is 11.9 Å². The summed E-state index contributed by atoms with van der Waals surface area (Å²) < 4.78 is 15.7. The van der Waals surface area contributed by atoms with Gasteiger partial charge in [0.15, 0.2) is 0 Å². The Morgan fingerprint density at radius 1 is 1.40 bits per heavy atom. The van der Waals surface area contributed by atoms with Crippen molar-refractivity contribution in [1.82, 2.24) is 0 Å². The van der Waals surface area contributed by atoms with Gasteiger partial charge in [0, 0.05) is 16.4 Å². The summed E-state index contributed by atoms with van der Waals surface area (Å²) in [6.07, 6.45) is 3.68. The summed E-state index contributed by atoms with van der Waals surface area (Å²) >= 11 is 0. The third kappa shape index (κ3) is 3.69. The van der Waals surface area contributed by atoms with Crippen molar-refractivity contribution in [2.45, 2.75) is 52.2 Å². The number of carbonyl (C=O) groups is 3. The fraction of sp³-hybridized carbons (Fsp3) is 0.667. The normalized spacial score (nSPS) is 34.3. The minimum Gasteiger partial charge on any atom is -0.472 e. The molecule has 162 valence electrons. The summed E-state index contributed by atoms with van der Waals surface area (Å²) in [5.74, 6) is -3.08. The molecule has 0 spiro atoms. The third-order valence-electron chi connectivity index (χ3n) is 7.04. The van der Waals surface area contributed by atoms with E-state index in [-0.39, 0.29) is 24.1 Å². The van der Waals surface area contributed by atoms with Crippen LogP contribution in [-0.4, -0.2) is 30.9 Å². The molecule has 9 heteroatoms. The smallest absolute Gasteiger partial charge is 0.309 e. The molecule has 2 aliphatic carbocycles. The second-order valence-corrected chi connectivity index (χ2v) is 8.56. The van der Waals surface area contributed by atoms with Crippen LogP contribution in [0.2, 0.25) is 0 Å². The number of ether oxygens (including phenoxy) is 2. The van der Waals surface area contributed by atoms with Gasteiger partial charge < -0.3 is 13.9 Å². The predicted molar refractivity (Wildman–Crippen MR) is 105 cm³/mol. The van der Waals surface area contributed by atoms with E-state index in [9.17, 15) is 14.4 Å². The van der Waals surface area contributed by atoms with Crippen LogP contribution in [0, 0.1) is 29.1 Å². The molecule has 2 unspecified atom stereocenters. The molecule has 0 radical (unpaired) electrons. The number of hydrogen-bond donors (Lipinski definition) is 0. The van der Waals surface area contributed by atoms with Crippen LogP contribution >= 0.6 is 0 Å². The van der Waals surface area contributed by atoms with Crippen LogP contribution in [0.5, 0.6) is 0 Å². The molecule has 0 saturated heterocycles. The SMILES string of the molecule is COC(=O)[C@@H]1C[C@@H](N=[N+]=[N-])C(=O)C2[C@H](C)C(C(=O)O[C@@H](C)c3ccoc3)CC[C@]21C. The fourth-order valence-electron chi connectivity index (χ4n) is 5.35. The number of carbonyl (C=O) groups excluding carboxylic acids is 3. The van der Waals surface area contributed by atoms with Crippen molar-refractivity contribution in [2.75, 3.05) is 7.11 Å². The highest BCUT2D eigenvalue weighted by molar-refractivity contribution is 5.91. The zero-order valence-corrected chi connectivity index (χ0v) is 17.6. The fourth-order valence-corrected chi connectivity index (χ4v) is 5.35. The predicted octanol–water partition coefficient (Wildman–Crippen LogP) is 3.99. The Balaban J connectivity index is 1.87. The molecule has 2 saturated carbocycles. The molecule has 0 aromatic carbocycles. The van der Waals surface area contributed by atoms with E-state index in [1.807, 2.05) is 13.8 Å². The molecule has 1 aromatic heterocycles. The Kier molecular flexibility index (Phi) is 6.22. The number of nitrogens with zero attached hydrogens (tertiary/aromatic N) is 3. The zero-order chi connectivity index (χ0) is 22.1.